The molecule has 30 heavy (non-hydrogen) atoms. The normalized spacial score (nSPS) is 15.6. The van der Waals surface area contributed by atoms with Crippen LogP contribution in [-0.2, 0) is 7.05 Å². The Morgan fingerprint density at radius 3 is 2.63 bits per heavy atom. The highest BCUT2D eigenvalue weighted by Crippen LogP contribution is 2.39. The van der Waals surface area contributed by atoms with Gasteiger partial charge >= 0.3 is 5.76 Å². The van der Waals surface area contributed by atoms with Crippen LogP contribution < -0.4 is 11.1 Å². The largest absolute Gasteiger partial charge is 0.419 e. The second-order valence-corrected chi connectivity index (χ2v) is 8.97. The van der Waals surface area contributed by atoms with Crippen LogP contribution in [0.3, 0.4) is 0 Å². The number of fused-ring (bicyclic) bond motifs is 2. The summed E-state index contributed by atoms with van der Waals surface area (Å²) in [7, 11) is 1.76. The van der Waals surface area contributed by atoms with Crippen LogP contribution in [0.4, 0.5) is 0 Å². The van der Waals surface area contributed by atoms with Crippen molar-refractivity contribution < 1.29 is 4.42 Å². The summed E-state index contributed by atoms with van der Waals surface area (Å²) in [5.41, 5.74) is 8.67. The van der Waals surface area contributed by atoms with Gasteiger partial charge < -0.3 is 14.7 Å². The Bertz CT molecular complexity index is 1300. The first-order valence-corrected chi connectivity index (χ1v) is 10.9. The SMILES string of the molecule is Cc1cc(-c2[nH]c3ccc(C4CCNCC4)cc3c2C(C)C)cc2c1oc(=O)n2C. The lowest BCUT2D eigenvalue weighted by molar-refractivity contribution is 0.460. The third-order valence-electron chi connectivity index (χ3n) is 6.62. The summed E-state index contributed by atoms with van der Waals surface area (Å²) >= 11 is 0. The summed E-state index contributed by atoms with van der Waals surface area (Å²) in [5.74, 6) is 0.687. The highest BCUT2D eigenvalue weighted by molar-refractivity contribution is 5.94. The lowest BCUT2D eigenvalue weighted by atomic mass is 9.88. The van der Waals surface area contributed by atoms with E-state index in [9.17, 15) is 4.79 Å². The maximum Gasteiger partial charge on any atom is 0.419 e. The average Bonchev–Trinajstić information content (AvgIpc) is 3.27. The number of H-pyrrole nitrogens is 1. The zero-order chi connectivity index (χ0) is 21.0. The van der Waals surface area contributed by atoms with Gasteiger partial charge in [0.25, 0.3) is 0 Å². The van der Waals surface area contributed by atoms with Gasteiger partial charge in [0.1, 0.15) is 0 Å². The summed E-state index contributed by atoms with van der Waals surface area (Å²) in [4.78, 5) is 15.7. The van der Waals surface area contributed by atoms with Crippen molar-refractivity contribution in [3.05, 3.63) is 57.6 Å². The molecule has 0 bridgehead atoms. The van der Waals surface area contributed by atoms with E-state index < -0.39 is 0 Å². The van der Waals surface area contributed by atoms with Crippen LogP contribution in [0.1, 0.15) is 55.2 Å². The van der Waals surface area contributed by atoms with Gasteiger partial charge in [-0.25, -0.2) is 4.79 Å². The molecule has 5 heteroatoms. The maximum absolute atomic E-state index is 12.0. The third-order valence-corrected chi connectivity index (χ3v) is 6.62. The number of oxazole rings is 1. The fraction of sp³-hybridized carbons (Fsp3) is 0.400. The topological polar surface area (TPSA) is 63.0 Å². The number of nitrogens with one attached hydrogen (secondary N) is 2. The van der Waals surface area contributed by atoms with Crippen LogP contribution in [0.2, 0.25) is 0 Å². The molecule has 3 heterocycles. The molecule has 1 aliphatic heterocycles. The van der Waals surface area contributed by atoms with E-state index in [0.29, 0.717) is 17.4 Å². The molecule has 1 fully saturated rings. The molecule has 5 nitrogen and oxygen atoms in total. The van der Waals surface area contributed by atoms with Gasteiger partial charge in [0.15, 0.2) is 5.58 Å². The van der Waals surface area contributed by atoms with Gasteiger partial charge in [0.2, 0.25) is 0 Å². The molecule has 2 aromatic carbocycles. The van der Waals surface area contributed by atoms with Gasteiger partial charge in [0, 0.05) is 23.5 Å². The summed E-state index contributed by atoms with van der Waals surface area (Å²) in [6.45, 7) is 8.70. The van der Waals surface area contributed by atoms with Crippen LogP contribution in [0.15, 0.2) is 39.5 Å². The molecule has 0 atom stereocenters. The van der Waals surface area contributed by atoms with Gasteiger partial charge in [-0.15, -0.1) is 0 Å². The summed E-state index contributed by atoms with van der Waals surface area (Å²) in [6, 6.07) is 11.1. The van der Waals surface area contributed by atoms with Gasteiger partial charge in [-0.2, -0.15) is 0 Å². The predicted molar refractivity (Wildman–Crippen MR) is 122 cm³/mol. The van der Waals surface area contributed by atoms with Crippen molar-refractivity contribution in [3.63, 3.8) is 0 Å². The van der Waals surface area contributed by atoms with E-state index in [1.165, 1.54) is 34.9 Å². The quantitative estimate of drug-likeness (QED) is 0.495. The molecule has 1 saturated heterocycles. The second-order valence-electron chi connectivity index (χ2n) is 8.97. The zero-order valence-corrected chi connectivity index (χ0v) is 18.1. The third kappa shape index (κ3) is 3.00. The van der Waals surface area contributed by atoms with Crippen molar-refractivity contribution in [1.29, 1.82) is 0 Å². The molecule has 4 aromatic rings. The highest BCUT2D eigenvalue weighted by Gasteiger charge is 2.21. The first kappa shape index (κ1) is 19.2. The zero-order valence-electron chi connectivity index (χ0n) is 18.1. The molecule has 0 aliphatic carbocycles. The van der Waals surface area contributed by atoms with Gasteiger partial charge in [-0.3, -0.25) is 4.57 Å². The minimum Gasteiger partial charge on any atom is -0.407 e. The molecule has 0 spiro atoms. The average molecular weight is 404 g/mol. The van der Waals surface area contributed by atoms with Gasteiger partial charge in [-0.05, 0) is 85.6 Å². The van der Waals surface area contributed by atoms with Gasteiger partial charge in [0.05, 0.1) is 11.2 Å². The number of nitrogens with zero attached hydrogens (tertiary/aromatic N) is 1. The Balaban J connectivity index is 1.71. The Kier molecular flexibility index (Phi) is 4.58. The Hall–Kier alpha value is -2.79. The van der Waals surface area contributed by atoms with Crippen molar-refractivity contribution in [3.8, 4) is 11.3 Å². The van der Waals surface area contributed by atoms with Crippen molar-refractivity contribution in [2.75, 3.05) is 13.1 Å². The molecule has 0 amide bonds. The molecule has 156 valence electrons. The molecule has 2 N–H and O–H groups in total. The molecule has 1 aliphatic rings. The first-order valence-electron chi connectivity index (χ1n) is 10.9. The molecule has 0 saturated carbocycles. The summed E-state index contributed by atoms with van der Waals surface area (Å²) < 4.78 is 7.01. The molecule has 0 radical (unpaired) electrons. The van der Waals surface area contributed by atoms with Crippen molar-refractivity contribution >= 4 is 22.0 Å². The monoisotopic (exact) mass is 403 g/mol. The Labute approximate surface area is 176 Å². The van der Waals surface area contributed by atoms with E-state index in [1.54, 1.807) is 11.6 Å². The molecular weight excluding hydrogens is 374 g/mol. The van der Waals surface area contributed by atoms with Crippen LogP contribution in [0.5, 0.6) is 0 Å². The minimum atomic E-state index is -0.322. The summed E-state index contributed by atoms with van der Waals surface area (Å²) in [5, 5.41) is 4.78. The highest BCUT2D eigenvalue weighted by atomic mass is 16.4. The van der Waals surface area contributed by atoms with E-state index in [-0.39, 0.29) is 5.76 Å². The lowest BCUT2D eigenvalue weighted by Crippen LogP contribution is -2.26. The van der Waals surface area contributed by atoms with Crippen LogP contribution >= 0.6 is 0 Å². The number of hydrogen-bond donors (Lipinski definition) is 2. The standard InChI is InChI=1S/C25H29N3O2/c1-14(2)22-19-12-17(16-7-9-26-10-8-16)5-6-20(19)27-23(22)18-11-15(3)24-21(13-18)28(4)25(29)30-24/h5-6,11-14,16,26-27H,7-10H2,1-4H3. The van der Waals surface area contributed by atoms with E-state index in [0.717, 1.165) is 35.4 Å². The number of aromatic nitrogens is 2. The number of aryl methyl sites for hydroxylation is 2. The van der Waals surface area contributed by atoms with E-state index >= 15 is 0 Å². The molecule has 5 rings (SSSR count). The number of benzene rings is 2. The molecular formula is C25H29N3O2. The van der Waals surface area contributed by atoms with Crippen LogP contribution in [0, 0.1) is 6.92 Å². The number of piperidine rings is 1. The summed E-state index contributed by atoms with van der Waals surface area (Å²) in [6.07, 6.45) is 2.40. The lowest BCUT2D eigenvalue weighted by Gasteiger charge is -2.23. The van der Waals surface area contributed by atoms with Crippen molar-refractivity contribution in [1.82, 2.24) is 14.9 Å². The van der Waals surface area contributed by atoms with Crippen molar-refractivity contribution in [2.45, 2.75) is 45.4 Å². The first-order chi connectivity index (χ1) is 14.4. The fourth-order valence-electron chi connectivity index (χ4n) is 5.00. The van der Waals surface area contributed by atoms with E-state index in [4.69, 9.17) is 4.42 Å². The van der Waals surface area contributed by atoms with Crippen molar-refractivity contribution in [2.24, 2.45) is 7.05 Å². The van der Waals surface area contributed by atoms with E-state index in [2.05, 4.69) is 54.5 Å². The predicted octanol–water partition coefficient (Wildman–Crippen LogP) is 5.18. The van der Waals surface area contributed by atoms with E-state index in [1.807, 2.05) is 6.92 Å². The number of hydrogen-bond acceptors (Lipinski definition) is 3. The van der Waals surface area contributed by atoms with Gasteiger partial charge in [-0.1, -0.05) is 19.9 Å². The maximum atomic E-state index is 12.0. The molecule has 0 unspecified atom stereocenters. The van der Waals surface area contributed by atoms with Crippen LogP contribution in [0.25, 0.3) is 33.3 Å². The Morgan fingerprint density at radius 1 is 1.13 bits per heavy atom. The smallest absolute Gasteiger partial charge is 0.407 e. The minimum absolute atomic E-state index is 0.322. The molecule has 2 aromatic heterocycles. The Morgan fingerprint density at radius 2 is 1.90 bits per heavy atom. The number of rotatable bonds is 3. The number of aromatic amines is 1. The fourth-order valence-corrected chi connectivity index (χ4v) is 5.00. The van der Waals surface area contributed by atoms with Crippen LogP contribution in [-0.4, -0.2) is 22.6 Å². The second kappa shape index (κ2) is 7.17.